The predicted octanol–water partition coefficient (Wildman–Crippen LogP) is 0.652. The van der Waals surface area contributed by atoms with Crippen molar-refractivity contribution in [3.05, 3.63) is 0 Å². The number of aliphatic hydroxyl groups is 1. The Hall–Kier alpha value is -0.0800. The molecule has 0 saturated carbocycles. The van der Waals surface area contributed by atoms with Crippen LogP contribution in [0.4, 0.5) is 0 Å². The van der Waals surface area contributed by atoms with Crippen LogP contribution in [0.3, 0.4) is 0 Å². The molecule has 2 heteroatoms. The maximum absolute atomic E-state index is 9.46. The van der Waals surface area contributed by atoms with Gasteiger partial charge in [0.2, 0.25) is 0 Å². The van der Waals surface area contributed by atoms with E-state index in [0.717, 1.165) is 6.42 Å². The zero-order chi connectivity index (χ0) is 6.97. The highest BCUT2D eigenvalue weighted by Crippen LogP contribution is 2.25. The molecule has 0 spiro atoms. The predicted molar refractivity (Wildman–Crippen MR) is 39.8 cm³/mol. The van der Waals surface area contributed by atoms with Crippen molar-refractivity contribution in [1.29, 1.82) is 0 Å². The molecule has 3 unspecified atom stereocenters. The molecule has 2 nitrogen and oxygen atoms in total. The number of hydrogen-bond donors (Lipinski definition) is 2. The summed E-state index contributed by atoms with van der Waals surface area (Å²) in [6.07, 6.45) is 6.03. The van der Waals surface area contributed by atoms with Gasteiger partial charge in [0.25, 0.3) is 0 Å². The van der Waals surface area contributed by atoms with Crippen molar-refractivity contribution in [2.75, 3.05) is 0 Å². The van der Waals surface area contributed by atoms with Crippen LogP contribution in [0.5, 0.6) is 0 Å². The molecule has 0 aromatic rings. The van der Waals surface area contributed by atoms with Gasteiger partial charge < -0.3 is 10.4 Å². The Labute approximate surface area is 61.6 Å². The molecule has 2 heterocycles. The summed E-state index contributed by atoms with van der Waals surface area (Å²) in [6.45, 7) is 0. The number of nitrogens with one attached hydrogen (secondary N) is 1. The molecule has 2 aliphatic heterocycles. The van der Waals surface area contributed by atoms with Crippen LogP contribution in [0.2, 0.25) is 0 Å². The Bertz CT molecular complexity index is 126. The fourth-order valence-corrected chi connectivity index (χ4v) is 2.17. The fourth-order valence-electron chi connectivity index (χ4n) is 2.17. The average Bonchev–Trinajstić information content (AvgIpc) is 2.18. The molecule has 3 atom stereocenters. The van der Waals surface area contributed by atoms with Gasteiger partial charge in [0.15, 0.2) is 0 Å². The number of rotatable bonds is 0. The Balaban J connectivity index is 2.03. The topological polar surface area (TPSA) is 32.3 Å². The Morgan fingerprint density at radius 2 is 2.00 bits per heavy atom. The van der Waals surface area contributed by atoms with Gasteiger partial charge in [-0.1, -0.05) is 12.8 Å². The second-order valence-electron chi connectivity index (χ2n) is 3.56. The van der Waals surface area contributed by atoms with E-state index in [0.29, 0.717) is 12.1 Å². The van der Waals surface area contributed by atoms with Crippen molar-refractivity contribution < 1.29 is 5.11 Å². The third-order valence-corrected chi connectivity index (χ3v) is 2.76. The maximum Gasteiger partial charge on any atom is 0.0708 e. The van der Waals surface area contributed by atoms with Gasteiger partial charge in [-0.15, -0.1) is 0 Å². The molecule has 0 aliphatic carbocycles. The first-order valence-corrected chi connectivity index (χ1v) is 4.30. The van der Waals surface area contributed by atoms with Crippen LogP contribution in [-0.4, -0.2) is 23.3 Å². The summed E-state index contributed by atoms with van der Waals surface area (Å²) in [5, 5.41) is 12.9. The highest BCUT2D eigenvalue weighted by Gasteiger charge is 2.33. The molecule has 2 bridgehead atoms. The highest BCUT2D eigenvalue weighted by molar-refractivity contribution is 4.92. The summed E-state index contributed by atoms with van der Waals surface area (Å²) in [5.41, 5.74) is 0. The van der Waals surface area contributed by atoms with Gasteiger partial charge >= 0.3 is 0 Å². The molecule has 0 aromatic heterocycles. The molecule has 2 fully saturated rings. The fraction of sp³-hybridized carbons (Fsp3) is 1.00. The monoisotopic (exact) mass is 141 g/mol. The molecule has 2 rings (SSSR count). The van der Waals surface area contributed by atoms with E-state index < -0.39 is 0 Å². The second-order valence-corrected chi connectivity index (χ2v) is 3.56. The Morgan fingerprint density at radius 1 is 1.20 bits per heavy atom. The van der Waals surface area contributed by atoms with Crippen molar-refractivity contribution in [1.82, 2.24) is 5.32 Å². The number of hydrogen-bond acceptors (Lipinski definition) is 2. The number of aliphatic hydroxyl groups excluding tert-OH is 1. The van der Waals surface area contributed by atoms with E-state index in [1.54, 1.807) is 0 Å². The van der Waals surface area contributed by atoms with Gasteiger partial charge in [-0.05, 0) is 19.3 Å². The lowest BCUT2D eigenvalue weighted by atomic mass is 9.99. The minimum atomic E-state index is -0.0506. The minimum Gasteiger partial charge on any atom is -0.391 e. The van der Waals surface area contributed by atoms with Crippen molar-refractivity contribution in [3.8, 4) is 0 Å². The van der Waals surface area contributed by atoms with Gasteiger partial charge in [0, 0.05) is 12.1 Å². The van der Waals surface area contributed by atoms with Gasteiger partial charge in [-0.25, -0.2) is 0 Å². The average molecular weight is 141 g/mol. The minimum absolute atomic E-state index is 0.0506. The first-order chi connectivity index (χ1) is 4.86. The molecule has 58 valence electrons. The smallest absolute Gasteiger partial charge is 0.0708 e. The first-order valence-electron chi connectivity index (χ1n) is 4.30. The molecule has 0 aromatic carbocycles. The zero-order valence-corrected chi connectivity index (χ0v) is 6.21. The van der Waals surface area contributed by atoms with Crippen LogP contribution in [0.25, 0.3) is 0 Å². The van der Waals surface area contributed by atoms with E-state index in [1.165, 1.54) is 25.7 Å². The summed E-state index contributed by atoms with van der Waals surface area (Å²) in [7, 11) is 0. The molecule has 10 heavy (non-hydrogen) atoms. The normalized spacial score (nSPS) is 47.1. The Morgan fingerprint density at radius 3 is 2.90 bits per heavy atom. The van der Waals surface area contributed by atoms with E-state index in [1.807, 2.05) is 0 Å². The van der Waals surface area contributed by atoms with Gasteiger partial charge in [0.1, 0.15) is 0 Å². The van der Waals surface area contributed by atoms with E-state index in [2.05, 4.69) is 5.32 Å². The standard InChI is InChI=1S/C8H15NO/c10-8-5-6-3-1-2-4-7(8)9-6/h6-10H,1-5H2. The van der Waals surface area contributed by atoms with Gasteiger partial charge in [-0.2, -0.15) is 0 Å². The van der Waals surface area contributed by atoms with Crippen LogP contribution < -0.4 is 5.32 Å². The van der Waals surface area contributed by atoms with Crippen molar-refractivity contribution in [3.63, 3.8) is 0 Å². The lowest BCUT2D eigenvalue weighted by Gasteiger charge is -2.12. The zero-order valence-electron chi connectivity index (χ0n) is 6.21. The number of fused-ring (bicyclic) bond motifs is 2. The van der Waals surface area contributed by atoms with Crippen LogP contribution >= 0.6 is 0 Å². The quantitative estimate of drug-likeness (QED) is 0.519. The largest absolute Gasteiger partial charge is 0.391 e. The molecule has 2 saturated heterocycles. The maximum atomic E-state index is 9.46. The summed E-state index contributed by atoms with van der Waals surface area (Å²) in [4.78, 5) is 0. The van der Waals surface area contributed by atoms with Crippen molar-refractivity contribution in [2.45, 2.75) is 50.3 Å². The van der Waals surface area contributed by atoms with Gasteiger partial charge in [-0.3, -0.25) is 0 Å². The van der Waals surface area contributed by atoms with Crippen LogP contribution in [-0.2, 0) is 0 Å². The van der Waals surface area contributed by atoms with E-state index in [9.17, 15) is 5.11 Å². The lowest BCUT2D eigenvalue weighted by Crippen LogP contribution is -2.31. The van der Waals surface area contributed by atoms with Crippen LogP contribution in [0.1, 0.15) is 32.1 Å². The first kappa shape index (κ1) is 6.62. The van der Waals surface area contributed by atoms with Gasteiger partial charge in [0.05, 0.1) is 6.10 Å². The summed E-state index contributed by atoms with van der Waals surface area (Å²) in [6, 6.07) is 1.05. The highest BCUT2D eigenvalue weighted by atomic mass is 16.3. The van der Waals surface area contributed by atoms with E-state index >= 15 is 0 Å². The van der Waals surface area contributed by atoms with Crippen molar-refractivity contribution in [2.24, 2.45) is 0 Å². The summed E-state index contributed by atoms with van der Waals surface area (Å²) < 4.78 is 0. The second kappa shape index (κ2) is 2.51. The third kappa shape index (κ3) is 1.06. The molecule has 2 N–H and O–H groups in total. The molecular formula is C8H15NO. The van der Waals surface area contributed by atoms with Crippen LogP contribution in [0.15, 0.2) is 0 Å². The van der Waals surface area contributed by atoms with E-state index in [-0.39, 0.29) is 6.10 Å². The lowest BCUT2D eigenvalue weighted by molar-refractivity contribution is 0.150. The Kier molecular flexibility index (Phi) is 1.66. The third-order valence-electron chi connectivity index (χ3n) is 2.76. The SMILES string of the molecule is OC1CC2CCCCC1N2. The molecular weight excluding hydrogens is 126 g/mol. The molecule has 2 aliphatic rings. The molecule has 0 amide bonds. The summed E-state index contributed by atoms with van der Waals surface area (Å²) in [5.74, 6) is 0. The van der Waals surface area contributed by atoms with E-state index in [4.69, 9.17) is 0 Å². The van der Waals surface area contributed by atoms with Crippen molar-refractivity contribution >= 4 is 0 Å². The molecule has 0 radical (unpaired) electrons. The summed E-state index contributed by atoms with van der Waals surface area (Å²) >= 11 is 0. The van der Waals surface area contributed by atoms with Crippen LogP contribution in [0, 0.1) is 0 Å².